The summed E-state index contributed by atoms with van der Waals surface area (Å²) in [7, 11) is 0. The number of halogens is 1. The van der Waals surface area contributed by atoms with E-state index in [0.717, 1.165) is 39.3 Å². The summed E-state index contributed by atoms with van der Waals surface area (Å²) in [4.78, 5) is 10.7. The van der Waals surface area contributed by atoms with Crippen LogP contribution in [-0.4, -0.2) is 67.5 Å². The lowest BCUT2D eigenvalue weighted by atomic mass is 10.2. The first-order valence-corrected chi connectivity index (χ1v) is 8.86. The Hall–Kier alpha value is -1.83. The summed E-state index contributed by atoms with van der Waals surface area (Å²) >= 11 is 6.22. The lowest BCUT2D eigenvalue weighted by Gasteiger charge is -2.26. The number of nitrogens with zero attached hydrogens (tertiary/aromatic N) is 3. The topological polar surface area (TPSA) is 65.9 Å². The average molecular weight is 366 g/mol. The largest absolute Gasteiger partial charge is 0.489 e. The number of benzene rings is 1. The fourth-order valence-electron chi connectivity index (χ4n) is 3.08. The van der Waals surface area contributed by atoms with E-state index in [2.05, 4.69) is 14.9 Å². The number of ether oxygens (including phenoxy) is 4. The summed E-state index contributed by atoms with van der Waals surface area (Å²) in [6, 6.07) is 1.84. The second-order valence-corrected chi connectivity index (χ2v) is 6.30. The van der Waals surface area contributed by atoms with Crippen molar-refractivity contribution in [1.82, 2.24) is 14.9 Å². The van der Waals surface area contributed by atoms with E-state index >= 15 is 0 Å². The third-order valence-electron chi connectivity index (χ3n) is 4.31. The molecule has 7 nitrogen and oxygen atoms in total. The number of rotatable bonds is 5. The van der Waals surface area contributed by atoms with Crippen LogP contribution >= 0.6 is 11.6 Å². The van der Waals surface area contributed by atoms with Crippen molar-refractivity contribution < 1.29 is 18.9 Å². The van der Waals surface area contributed by atoms with Crippen LogP contribution in [0, 0.1) is 0 Å². The number of hydrogen-bond donors (Lipinski definition) is 0. The number of morpholine rings is 1. The fraction of sp³-hybridized carbons (Fsp3) is 0.529. The molecule has 0 spiro atoms. The van der Waals surface area contributed by atoms with Crippen LogP contribution in [0.1, 0.15) is 6.42 Å². The van der Waals surface area contributed by atoms with E-state index in [9.17, 15) is 0 Å². The highest BCUT2D eigenvalue weighted by molar-refractivity contribution is 6.34. The zero-order valence-corrected chi connectivity index (χ0v) is 14.6. The molecular formula is C17H20ClN3O4. The summed E-state index contributed by atoms with van der Waals surface area (Å²) in [5.74, 6) is 1.79. The van der Waals surface area contributed by atoms with Crippen molar-refractivity contribution >= 4 is 22.5 Å². The van der Waals surface area contributed by atoms with Crippen molar-refractivity contribution in [3.8, 4) is 17.2 Å². The van der Waals surface area contributed by atoms with Crippen LogP contribution < -0.4 is 14.2 Å². The molecule has 2 aliphatic heterocycles. The third-order valence-corrected chi connectivity index (χ3v) is 4.60. The Morgan fingerprint density at radius 1 is 1.08 bits per heavy atom. The molecule has 4 rings (SSSR count). The zero-order chi connectivity index (χ0) is 17.1. The molecule has 0 radical (unpaired) electrons. The Bertz CT molecular complexity index is 752. The molecule has 2 aromatic rings. The second kappa shape index (κ2) is 7.59. The maximum absolute atomic E-state index is 6.22. The van der Waals surface area contributed by atoms with E-state index < -0.39 is 0 Å². The molecule has 25 heavy (non-hydrogen) atoms. The average Bonchev–Trinajstić information content (AvgIpc) is 2.66. The van der Waals surface area contributed by atoms with E-state index in [1.54, 1.807) is 0 Å². The van der Waals surface area contributed by atoms with Crippen molar-refractivity contribution in [3.63, 3.8) is 0 Å². The van der Waals surface area contributed by atoms with Gasteiger partial charge in [0, 0.05) is 25.7 Å². The van der Waals surface area contributed by atoms with Crippen molar-refractivity contribution in [2.75, 3.05) is 52.7 Å². The smallest absolute Gasteiger partial charge is 0.204 e. The first-order chi connectivity index (χ1) is 12.3. The van der Waals surface area contributed by atoms with Gasteiger partial charge in [-0.05, 0) is 6.42 Å². The molecule has 0 bridgehead atoms. The fourth-order valence-corrected chi connectivity index (χ4v) is 3.30. The van der Waals surface area contributed by atoms with Gasteiger partial charge in [-0.15, -0.1) is 0 Å². The SMILES string of the molecule is Clc1ncnc2cc(OCCCN3CCOCC3)c3c(c12)OCCO3. The molecular weight excluding hydrogens is 346 g/mol. The lowest BCUT2D eigenvalue weighted by Crippen LogP contribution is -2.37. The molecule has 0 saturated carbocycles. The van der Waals surface area contributed by atoms with Crippen molar-refractivity contribution in [3.05, 3.63) is 17.5 Å². The number of hydrogen-bond acceptors (Lipinski definition) is 7. The van der Waals surface area contributed by atoms with Gasteiger partial charge in [0.05, 0.1) is 30.7 Å². The molecule has 1 fully saturated rings. The Morgan fingerprint density at radius 3 is 2.72 bits per heavy atom. The second-order valence-electron chi connectivity index (χ2n) is 5.94. The first-order valence-electron chi connectivity index (χ1n) is 8.48. The maximum Gasteiger partial charge on any atom is 0.204 e. The van der Waals surface area contributed by atoms with Crippen LogP contribution in [0.4, 0.5) is 0 Å². The normalized spacial score (nSPS) is 17.6. The van der Waals surface area contributed by atoms with E-state index in [4.69, 9.17) is 30.5 Å². The van der Waals surface area contributed by atoms with E-state index in [0.29, 0.717) is 53.1 Å². The molecule has 8 heteroatoms. The van der Waals surface area contributed by atoms with Gasteiger partial charge < -0.3 is 18.9 Å². The van der Waals surface area contributed by atoms with Gasteiger partial charge in [-0.2, -0.15) is 0 Å². The minimum atomic E-state index is 0.352. The maximum atomic E-state index is 6.22. The molecule has 1 saturated heterocycles. The van der Waals surface area contributed by atoms with Gasteiger partial charge in [-0.3, -0.25) is 4.90 Å². The predicted molar refractivity (Wildman–Crippen MR) is 92.9 cm³/mol. The molecule has 0 N–H and O–H groups in total. The van der Waals surface area contributed by atoms with Crippen LogP contribution in [0.3, 0.4) is 0 Å². The van der Waals surface area contributed by atoms with E-state index in [-0.39, 0.29) is 0 Å². The summed E-state index contributed by atoms with van der Waals surface area (Å²) < 4.78 is 22.9. The Morgan fingerprint density at radius 2 is 1.88 bits per heavy atom. The molecule has 134 valence electrons. The van der Waals surface area contributed by atoms with Crippen LogP contribution in [0.2, 0.25) is 5.15 Å². The Balaban J connectivity index is 1.49. The summed E-state index contributed by atoms with van der Waals surface area (Å²) in [5, 5.41) is 1.02. The molecule has 1 aromatic heterocycles. The Labute approximate surface area is 150 Å². The summed E-state index contributed by atoms with van der Waals surface area (Å²) in [6.07, 6.45) is 2.36. The highest BCUT2D eigenvalue weighted by Gasteiger charge is 2.24. The summed E-state index contributed by atoms with van der Waals surface area (Å²) in [6.45, 7) is 6.12. The van der Waals surface area contributed by atoms with Crippen LogP contribution in [0.5, 0.6) is 17.2 Å². The molecule has 0 amide bonds. The molecule has 0 aliphatic carbocycles. The Kier molecular flexibility index (Phi) is 5.05. The van der Waals surface area contributed by atoms with Gasteiger partial charge >= 0.3 is 0 Å². The number of fused-ring (bicyclic) bond motifs is 3. The monoisotopic (exact) mass is 365 g/mol. The van der Waals surface area contributed by atoms with E-state index in [1.807, 2.05) is 6.07 Å². The third kappa shape index (κ3) is 3.58. The standard InChI is InChI=1S/C17H20ClN3O4/c18-17-14-12(19-11-20-17)10-13(15-16(14)25-9-8-24-15)23-5-1-2-21-3-6-22-7-4-21/h10-11H,1-9H2. The van der Waals surface area contributed by atoms with Crippen LogP contribution in [-0.2, 0) is 4.74 Å². The summed E-state index contributed by atoms with van der Waals surface area (Å²) in [5.41, 5.74) is 0.687. The van der Waals surface area contributed by atoms with Gasteiger partial charge in [-0.25, -0.2) is 9.97 Å². The predicted octanol–water partition coefficient (Wildman–Crippen LogP) is 2.16. The quantitative estimate of drug-likeness (QED) is 0.594. The van der Waals surface area contributed by atoms with Gasteiger partial charge in [0.15, 0.2) is 11.5 Å². The molecule has 2 aliphatic rings. The molecule has 0 unspecified atom stereocenters. The number of aromatic nitrogens is 2. The highest BCUT2D eigenvalue weighted by Crippen LogP contribution is 2.46. The van der Waals surface area contributed by atoms with Crippen molar-refractivity contribution in [2.24, 2.45) is 0 Å². The van der Waals surface area contributed by atoms with Crippen molar-refractivity contribution in [2.45, 2.75) is 6.42 Å². The minimum absolute atomic E-state index is 0.352. The molecule has 1 aromatic carbocycles. The van der Waals surface area contributed by atoms with Crippen LogP contribution in [0.15, 0.2) is 12.4 Å². The first kappa shape index (κ1) is 16.6. The highest BCUT2D eigenvalue weighted by atomic mass is 35.5. The zero-order valence-electron chi connectivity index (χ0n) is 13.9. The lowest BCUT2D eigenvalue weighted by molar-refractivity contribution is 0.0357. The van der Waals surface area contributed by atoms with Gasteiger partial charge in [0.25, 0.3) is 0 Å². The van der Waals surface area contributed by atoms with Gasteiger partial charge in [-0.1, -0.05) is 11.6 Å². The molecule has 3 heterocycles. The molecule has 0 atom stereocenters. The van der Waals surface area contributed by atoms with E-state index in [1.165, 1.54) is 6.33 Å². The van der Waals surface area contributed by atoms with Crippen LogP contribution in [0.25, 0.3) is 10.9 Å². The van der Waals surface area contributed by atoms with Gasteiger partial charge in [0.1, 0.15) is 24.7 Å². The van der Waals surface area contributed by atoms with Gasteiger partial charge in [0.2, 0.25) is 5.75 Å². The van der Waals surface area contributed by atoms with Crippen molar-refractivity contribution in [1.29, 1.82) is 0 Å². The minimum Gasteiger partial charge on any atom is -0.489 e.